The Morgan fingerprint density at radius 3 is 2.35 bits per heavy atom. The molecule has 0 aliphatic rings. The number of carbonyl (C=O) groups excluding carboxylic acids is 1. The van der Waals surface area contributed by atoms with Gasteiger partial charge in [0.2, 0.25) is 5.75 Å². The molecule has 0 aliphatic carbocycles. The fraction of sp³-hybridized carbons (Fsp3) is 0.0435. The summed E-state index contributed by atoms with van der Waals surface area (Å²) in [6.07, 6.45) is -3.49. The Balaban J connectivity index is 1.84. The Labute approximate surface area is 195 Å². The van der Waals surface area contributed by atoms with Crippen molar-refractivity contribution in [2.75, 3.05) is 5.32 Å². The molecule has 0 unspecified atom stereocenters. The van der Waals surface area contributed by atoms with Crippen molar-refractivity contribution in [3.05, 3.63) is 98.6 Å². The second kappa shape index (κ2) is 10.1. The van der Waals surface area contributed by atoms with E-state index in [9.17, 15) is 33.3 Å². The van der Waals surface area contributed by atoms with Crippen LogP contribution in [-0.4, -0.2) is 10.8 Å². The maximum atomic E-state index is 12.9. The molecule has 11 heteroatoms. The van der Waals surface area contributed by atoms with Crippen LogP contribution in [0.1, 0.15) is 11.1 Å². The molecule has 3 aromatic rings. The van der Waals surface area contributed by atoms with Crippen LogP contribution in [0.3, 0.4) is 0 Å². The molecule has 172 valence electrons. The topological polar surface area (TPSA) is 105 Å². The van der Waals surface area contributed by atoms with Gasteiger partial charge in [-0.3, -0.25) is 14.9 Å². The van der Waals surface area contributed by atoms with Gasteiger partial charge in [0, 0.05) is 11.8 Å². The van der Waals surface area contributed by atoms with Crippen molar-refractivity contribution in [1.29, 1.82) is 5.26 Å². The summed E-state index contributed by atoms with van der Waals surface area (Å²) in [6.45, 7) is 0. The predicted octanol–water partition coefficient (Wildman–Crippen LogP) is 6.60. The molecular formula is C23H13ClF3N3O4. The quantitative estimate of drug-likeness (QED) is 0.182. The molecule has 0 fully saturated rings. The molecule has 1 N–H and O–H groups in total. The normalized spacial score (nSPS) is 11.4. The van der Waals surface area contributed by atoms with E-state index in [1.165, 1.54) is 24.3 Å². The van der Waals surface area contributed by atoms with Crippen LogP contribution in [0.2, 0.25) is 5.02 Å². The maximum absolute atomic E-state index is 12.9. The molecule has 1 amide bonds. The molecule has 3 aromatic carbocycles. The number of anilines is 1. The van der Waals surface area contributed by atoms with Crippen LogP contribution in [0.4, 0.5) is 24.5 Å². The van der Waals surface area contributed by atoms with E-state index in [4.69, 9.17) is 16.3 Å². The summed E-state index contributed by atoms with van der Waals surface area (Å²) in [4.78, 5) is 22.6. The number of para-hydroxylation sites is 1. The van der Waals surface area contributed by atoms with Crippen molar-refractivity contribution in [3.8, 4) is 17.6 Å². The van der Waals surface area contributed by atoms with Gasteiger partial charge in [0.25, 0.3) is 5.91 Å². The lowest BCUT2D eigenvalue weighted by Crippen LogP contribution is -2.13. The molecule has 0 heterocycles. The lowest BCUT2D eigenvalue weighted by molar-refractivity contribution is -0.385. The molecule has 34 heavy (non-hydrogen) atoms. The first kappa shape index (κ1) is 24.3. The van der Waals surface area contributed by atoms with Crippen LogP contribution < -0.4 is 10.1 Å². The minimum atomic E-state index is -4.76. The van der Waals surface area contributed by atoms with Gasteiger partial charge in [0.15, 0.2) is 0 Å². The number of ether oxygens (including phenoxy) is 1. The first-order chi connectivity index (χ1) is 16.1. The summed E-state index contributed by atoms with van der Waals surface area (Å²) in [7, 11) is 0. The van der Waals surface area contributed by atoms with Crippen LogP contribution in [0, 0.1) is 21.4 Å². The summed E-state index contributed by atoms with van der Waals surface area (Å²) in [5, 5.41) is 23.1. The number of hydrogen-bond donors (Lipinski definition) is 1. The number of alkyl halides is 3. The van der Waals surface area contributed by atoms with Gasteiger partial charge in [0.05, 0.1) is 15.5 Å². The Morgan fingerprint density at radius 1 is 1.09 bits per heavy atom. The third-order valence-electron chi connectivity index (χ3n) is 4.37. The van der Waals surface area contributed by atoms with Gasteiger partial charge in [-0.15, -0.1) is 0 Å². The number of nitriles is 1. The van der Waals surface area contributed by atoms with E-state index in [0.29, 0.717) is 23.4 Å². The summed E-state index contributed by atoms with van der Waals surface area (Å²) in [5.41, 5.74) is -1.46. The summed E-state index contributed by atoms with van der Waals surface area (Å²) in [5.74, 6) is -1.16. The molecule has 0 aromatic heterocycles. The van der Waals surface area contributed by atoms with Crippen molar-refractivity contribution < 1.29 is 27.6 Å². The van der Waals surface area contributed by atoms with Gasteiger partial charge < -0.3 is 10.1 Å². The Morgan fingerprint density at radius 2 is 1.76 bits per heavy atom. The highest BCUT2D eigenvalue weighted by Gasteiger charge is 2.33. The van der Waals surface area contributed by atoms with E-state index >= 15 is 0 Å². The minimum absolute atomic E-state index is 0.0521. The third kappa shape index (κ3) is 5.90. The molecule has 0 radical (unpaired) electrons. The van der Waals surface area contributed by atoms with Gasteiger partial charge in [-0.1, -0.05) is 35.9 Å². The lowest BCUT2D eigenvalue weighted by Gasteiger charge is -2.11. The van der Waals surface area contributed by atoms with E-state index in [2.05, 4.69) is 5.32 Å². The number of nitrogens with zero attached hydrogens (tertiary/aromatic N) is 2. The zero-order valence-electron chi connectivity index (χ0n) is 17.0. The van der Waals surface area contributed by atoms with Gasteiger partial charge in [-0.05, 0) is 48.0 Å². The Kier molecular flexibility index (Phi) is 7.18. The van der Waals surface area contributed by atoms with Crippen LogP contribution in [-0.2, 0) is 11.0 Å². The van der Waals surface area contributed by atoms with Gasteiger partial charge in [0.1, 0.15) is 17.4 Å². The second-order valence-corrected chi connectivity index (χ2v) is 7.13. The highest BCUT2D eigenvalue weighted by Crippen LogP contribution is 2.39. The van der Waals surface area contributed by atoms with Gasteiger partial charge in [-0.2, -0.15) is 18.4 Å². The first-order valence-electron chi connectivity index (χ1n) is 9.39. The van der Waals surface area contributed by atoms with Crippen LogP contribution in [0.5, 0.6) is 11.5 Å². The fourth-order valence-corrected chi connectivity index (χ4v) is 2.99. The zero-order chi connectivity index (χ0) is 24.9. The van der Waals surface area contributed by atoms with Crippen molar-refractivity contribution >= 4 is 35.0 Å². The van der Waals surface area contributed by atoms with E-state index in [1.807, 2.05) is 0 Å². The van der Waals surface area contributed by atoms with Crippen LogP contribution in [0.15, 0.2) is 72.3 Å². The third-order valence-corrected chi connectivity index (χ3v) is 4.66. The number of nitrogens with one attached hydrogen (secondary N) is 1. The fourth-order valence-electron chi connectivity index (χ4n) is 2.77. The van der Waals surface area contributed by atoms with E-state index < -0.39 is 34.0 Å². The smallest absolute Gasteiger partial charge is 0.416 e. The highest BCUT2D eigenvalue weighted by atomic mass is 35.5. The number of rotatable bonds is 6. The number of nitro groups is 1. The van der Waals surface area contributed by atoms with Crippen molar-refractivity contribution in [3.63, 3.8) is 0 Å². The van der Waals surface area contributed by atoms with E-state index in [1.54, 1.807) is 36.4 Å². The minimum Gasteiger partial charge on any atom is -0.449 e. The molecule has 0 saturated heterocycles. The van der Waals surface area contributed by atoms with Crippen LogP contribution in [0.25, 0.3) is 6.08 Å². The number of amides is 1. The standard InChI is InChI=1S/C23H13ClF3N3O4/c24-18-11-14(10-15(13-28)22(31)29-17-4-2-1-3-5-17)6-8-20(18)34-21-9-7-16(23(25,26)27)12-19(21)30(32)33/h1-12H,(H,29,31)/b15-10-. The average molecular weight is 488 g/mol. The van der Waals surface area contributed by atoms with Gasteiger partial charge in [-0.25, -0.2) is 0 Å². The summed E-state index contributed by atoms with van der Waals surface area (Å²) in [6, 6.07) is 16.2. The SMILES string of the molecule is N#C/C(=C/c1ccc(Oc2ccc(C(F)(F)F)cc2[N+](=O)[O-])c(Cl)c1)C(=O)Nc1ccccc1. The Hall–Kier alpha value is -4.36. The summed E-state index contributed by atoms with van der Waals surface area (Å²) >= 11 is 6.16. The molecule has 0 aliphatic heterocycles. The molecule has 0 atom stereocenters. The number of carbonyl (C=O) groups is 1. The van der Waals surface area contributed by atoms with Crippen molar-refractivity contribution in [2.45, 2.75) is 6.18 Å². The second-order valence-electron chi connectivity index (χ2n) is 6.72. The number of benzene rings is 3. The number of halogens is 4. The molecule has 3 rings (SSSR count). The summed E-state index contributed by atoms with van der Waals surface area (Å²) < 4.78 is 44.0. The monoisotopic (exact) mass is 487 g/mol. The van der Waals surface area contributed by atoms with Gasteiger partial charge >= 0.3 is 11.9 Å². The molecule has 0 saturated carbocycles. The highest BCUT2D eigenvalue weighted by molar-refractivity contribution is 6.32. The molecule has 7 nitrogen and oxygen atoms in total. The van der Waals surface area contributed by atoms with E-state index in [0.717, 1.165) is 6.07 Å². The predicted molar refractivity (Wildman–Crippen MR) is 118 cm³/mol. The number of nitro benzene ring substituents is 1. The molecule has 0 bridgehead atoms. The lowest BCUT2D eigenvalue weighted by atomic mass is 10.1. The molecular weight excluding hydrogens is 475 g/mol. The van der Waals surface area contributed by atoms with Crippen LogP contribution >= 0.6 is 11.6 Å². The van der Waals surface area contributed by atoms with Crippen molar-refractivity contribution in [2.24, 2.45) is 0 Å². The largest absolute Gasteiger partial charge is 0.449 e. The Bertz CT molecular complexity index is 1320. The van der Waals surface area contributed by atoms with Crippen molar-refractivity contribution in [1.82, 2.24) is 0 Å². The molecule has 0 spiro atoms. The average Bonchev–Trinajstić information content (AvgIpc) is 2.79. The maximum Gasteiger partial charge on any atom is 0.416 e. The number of hydrogen-bond acceptors (Lipinski definition) is 5. The van der Waals surface area contributed by atoms with E-state index in [-0.39, 0.29) is 16.3 Å². The zero-order valence-corrected chi connectivity index (χ0v) is 17.7. The first-order valence-corrected chi connectivity index (χ1v) is 9.77.